The summed E-state index contributed by atoms with van der Waals surface area (Å²) in [6.07, 6.45) is 0. The second-order valence-electron chi connectivity index (χ2n) is 4.49. The van der Waals surface area contributed by atoms with Gasteiger partial charge in [-0.25, -0.2) is 0 Å². The number of anilines is 1. The lowest BCUT2D eigenvalue weighted by atomic mass is 10.0. The molecule has 1 amide bonds. The number of rotatable bonds is 3. The molecule has 19 heavy (non-hydrogen) atoms. The van der Waals surface area contributed by atoms with Crippen molar-refractivity contribution in [2.75, 3.05) is 25.5 Å². The lowest BCUT2D eigenvalue weighted by Gasteiger charge is -2.17. The number of fused-ring (bicyclic) bond motifs is 1. The highest BCUT2D eigenvalue weighted by atomic mass is 16.4. The van der Waals surface area contributed by atoms with Crippen molar-refractivity contribution in [3.8, 4) is 6.07 Å². The zero-order valence-corrected chi connectivity index (χ0v) is 10.6. The lowest BCUT2D eigenvalue weighted by molar-refractivity contribution is -0.137. The van der Waals surface area contributed by atoms with Crippen molar-refractivity contribution < 1.29 is 14.7 Å². The normalized spacial score (nSPS) is 17.0. The Balaban J connectivity index is 2.56. The minimum atomic E-state index is -1.13. The van der Waals surface area contributed by atoms with Crippen LogP contribution in [-0.4, -0.2) is 42.5 Å². The van der Waals surface area contributed by atoms with Crippen LogP contribution in [0.25, 0.3) is 0 Å². The highest BCUT2D eigenvalue weighted by molar-refractivity contribution is 6.05. The summed E-state index contributed by atoms with van der Waals surface area (Å²) in [7, 11) is 3.59. The second kappa shape index (κ2) is 4.61. The molecule has 6 heteroatoms. The van der Waals surface area contributed by atoms with Gasteiger partial charge in [0.15, 0.2) is 0 Å². The molecule has 1 aromatic carbocycles. The highest BCUT2D eigenvalue weighted by Crippen LogP contribution is 2.37. The van der Waals surface area contributed by atoms with Gasteiger partial charge in [0, 0.05) is 25.3 Å². The van der Waals surface area contributed by atoms with E-state index >= 15 is 0 Å². The van der Waals surface area contributed by atoms with E-state index in [4.69, 9.17) is 5.11 Å². The van der Waals surface area contributed by atoms with E-state index in [0.29, 0.717) is 16.8 Å². The first-order valence-electron chi connectivity index (χ1n) is 5.70. The molecule has 0 aromatic heterocycles. The van der Waals surface area contributed by atoms with E-state index in [1.165, 1.54) is 0 Å². The summed E-state index contributed by atoms with van der Waals surface area (Å²) in [6, 6.07) is 6.38. The Morgan fingerprint density at radius 1 is 1.53 bits per heavy atom. The van der Waals surface area contributed by atoms with E-state index in [1.807, 2.05) is 6.07 Å². The highest BCUT2D eigenvalue weighted by Gasteiger charge is 2.39. The van der Waals surface area contributed by atoms with Crippen molar-refractivity contribution >= 4 is 17.6 Å². The van der Waals surface area contributed by atoms with Gasteiger partial charge in [0.2, 0.25) is 0 Å². The van der Waals surface area contributed by atoms with Crippen molar-refractivity contribution in [2.24, 2.45) is 0 Å². The second-order valence-corrected chi connectivity index (χ2v) is 4.49. The summed E-state index contributed by atoms with van der Waals surface area (Å²) in [5, 5.41) is 18.0. The summed E-state index contributed by atoms with van der Waals surface area (Å²) >= 11 is 0. The molecule has 1 aliphatic heterocycles. The van der Waals surface area contributed by atoms with E-state index in [0.717, 1.165) is 4.90 Å². The first kappa shape index (κ1) is 12.9. The molecular weight excluding hydrogens is 246 g/mol. The van der Waals surface area contributed by atoms with E-state index in [-0.39, 0.29) is 0 Å². The third-order valence-corrected chi connectivity index (χ3v) is 3.07. The molecular formula is C13H13N3O3. The topological polar surface area (TPSA) is 84.6 Å². The molecule has 0 bridgehead atoms. The Hall–Kier alpha value is -2.55. The van der Waals surface area contributed by atoms with Gasteiger partial charge in [-0.2, -0.15) is 5.26 Å². The number of hydrogen-bond acceptors (Lipinski definition) is 4. The van der Waals surface area contributed by atoms with E-state index < -0.39 is 24.5 Å². The van der Waals surface area contributed by atoms with Crippen LogP contribution in [0.3, 0.4) is 0 Å². The fourth-order valence-electron chi connectivity index (χ4n) is 2.27. The summed E-state index contributed by atoms with van der Waals surface area (Å²) in [6.45, 7) is -0.474. The Morgan fingerprint density at radius 2 is 2.21 bits per heavy atom. The average Bonchev–Trinajstić information content (AvgIpc) is 2.61. The molecule has 1 N–H and O–H groups in total. The maximum absolute atomic E-state index is 12.3. The number of nitrogens with zero attached hydrogens (tertiary/aromatic N) is 3. The molecule has 0 radical (unpaired) electrons. The minimum absolute atomic E-state index is 0.409. The van der Waals surface area contributed by atoms with Crippen molar-refractivity contribution in [1.82, 2.24) is 4.90 Å². The number of carbonyl (C=O) groups excluding carboxylic acids is 1. The van der Waals surface area contributed by atoms with Crippen LogP contribution >= 0.6 is 0 Å². The Bertz CT molecular complexity index is 589. The van der Waals surface area contributed by atoms with Gasteiger partial charge in [0.05, 0.1) is 11.6 Å². The number of hydrogen-bond donors (Lipinski definition) is 1. The predicted molar refractivity (Wildman–Crippen MR) is 67.8 cm³/mol. The summed E-state index contributed by atoms with van der Waals surface area (Å²) < 4.78 is 0. The predicted octanol–water partition coefficient (Wildman–Crippen LogP) is 0.858. The number of nitriles is 1. The maximum atomic E-state index is 12.3. The molecule has 0 aliphatic carbocycles. The van der Waals surface area contributed by atoms with Gasteiger partial charge in [-0.3, -0.25) is 9.59 Å². The van der Waals surface area contributed by atoms with Crippen molar-refractivity contribution in [3.05, 3.63) is 29.3 Å². The van der Waals surface area contributed by atoms with Gasteiger partial charge in [0.25, 0.3) is 5.91 Å². The quantitative estimate of drug-likeness (QED) is 0.870. The zero-order chi connectivity index (χ0) is 14.2. The van der Waals surface area contributed by atoms with Crippen molar-refractivity contribution in [1.29, 1.82) is 5.26 Å². The van der Waals surface area contributed by atoms with Gasteiger partial charge >= 0.3 is 5.97 Å². The number of aliphatic carboxylic acids is 1. The smallest absolute Gasteiger partial charge is 0.323 e. The van der Waals surface area contributed by atoms with Gasteiger partial charge in [-0.15, -0.1) is 0 Å². The Kier molecular flexibility index (Phi) is 3.13. The van der Waals surface area contributed by atoms with Crippen LogP contribution in [0, 0.1) is 11.3 Å². The van der Waals surface area contributed by atoms with Crippen LogP contribution < -0.4 is 4.90 Å². The SMILES string of the molecule is CN(C)c1cccc2c1C(=O)N(CC(=O)O)C2C#N. The molecule has 1 heterocycles. The van der Waals surface area contributed by atoms with Gasteiger partial charge in [-0.05, 0) is 6.07 Å². The minimum Gasteiger partial charge on any atom is -0.480 e. The van der Waals surface area contributed by atoms with Gasteiger partial charge in [0.1, 0.15) is 12.6 Å². The van der Waals surface area contributed by atoms with E-state index in [1.54, 1.807) is 37.2 Å². The van der Waals surface area contributed by atoms with Crippen LogP contribution in [0.15, 0.2) is 18.2 Å². The molecule has 0 fully saturated rings. The first-order valence-corrected chi connectivity index (χ1v) is 5.70. The summed E-state index contributed by atoms with van der Waals surface area (Å²) in [5.74, 6) is -1.54. The zero-order valence-electron chi connectivity index (χ0n) is 10.6. The number of carboxylic acids is 1. The molecule has 0 saturated carbocycles. The largest absolute Gasteiger partial charge is 0.480 e. The number of carboxylic acid groups (broad SMARTS) is 1. The van der Waals surface area contributed by atoms with Crippen LogP contribution in [0.1, 0.15) is 22.0 Å². The third kappa shape index (κ3) is 1.99. The van der Waals surface area contributed by atoms with Crippen molar-refractivity contribution in [2.45, 2.75) is 6.04 Å². The summed E-state index contributed by atoms with van der Waals surface area (Å²) in [5.41, 5.74) is 1.68. The molecule has 6 nitrogen and oxygen atoms in total. The van der Waals surface area contributed by atoms with E-state index in [9.17, 15) is 14.9 Å². The van der Waals surface area contributed by atoms with Gasteiger partial charge < -0.3 is 14.9 Å². The third-order valence-electron chi connectivity index (χ3n) is 3.07. The van der Waals surface area contributed by atoms with E-state index in [2.05, 4.69) is 0 Å². The maximum Gasteiger partial charge on any atom is 0.323 e. The first-order chi connectivity index (χ1) is 8.97. The average molecular weight is 259 g/mol. The number of carbonyl (C=O) groups is 2. The monoisotopic (exact) mass is 259 g/mol. The van der Waals surface area contributed by atoms with Crippen LogP contribution in [-0.2, 0) is 4.79 Å². The number of amides is 1. The van der Waals surface area contributed by atoms with Crippen LogP contribution in [0.4, 0.5) is 5.69 Å². The molecule has 1 atom stereocenters. The molecule has 1 aromatic rings. The fraction of sp³-hybridized carbons (Fsp3) is 0.308. The Morgan fingerprint density at radius 3 is 2.74 bits per heavy atom. The summed E-state index contributed by atoms with van der Waals surface area (Å²) in [4.78, 5) is 26.0. The molecule has 0 saturated heterocycles. The van der Waals surface area contributed by atoms with Crippen LogP contribution in [0.5, 0.6) is 0 Å². The lowest BCUT2D eigenvalue weighted by Crippen LogP contribution is -2.33. The standard InChI is InChI=1S/C13H13N3O3/c1-15(2)9-5-3-4-8-10(6-14)16(7-11(17)18)13(19)12(8)9/h3-5,10H,7H2,1-2H3,(H,17,18). The van der Waals surface area contributed by atoms with Crippen LogP contribution in [0.2, 0.25) is 0 Å². The molecule has 1 unspecified atom stereocenters. The molecule has 98 valence electrons. The van der Waals surface area contributed by atoms with Gasteiger partial charge in [-0.1, -0.05) is 12.1 Å². The fourth-order valence-corrected chi connectivity index (χ4v) is 2.27. The molecule has 2 rings (SSSR count). The molecule has 1 aliphatic rings. The van der Waals surface area contributed by atoms with Crippen molar-refractivity contribution in [3.63, 3.8) is 0 Å². The number of benzene rings is 1. The Labute approximate surface area is 110 Å². The molecule has 0 spiro atoms.